The summed E-state index contributed by atoms with van der Waals surface area (Å²) in [7, 11) is 0. The van der Waals surface area contributed by atoms with Crippen LogP contribution in [0.25, 0.3) is 0 Å². The molecule has 15 heavy (non-hydrogen) atoms. The van der Waals surface area contributed by atoms with Crippen molar-refractivity contribution in [2.24, 2.45) is 0 Å². The highest BCUT2D eigenvalue weighted by atomic mass is 19.4. The molecule has 0 aliphatic rings. The maximum absolute atomic E-state index is 11.7. The minimum atomic E-state index is -4.27. The minimum absolute atomic E-state index is 0.0236. The lowest BCUT2D eigenvalue weighted by molar-refractivity contribution is -0.185. The highest BCUT2D eigenvalue weighted by molar-refractivity contribution is 4.48. The normalized spacial score (nSPS) is 12.4. The van der Waals surface area contributed by atoms with Gasteiger partial charge < -0.3 is 14.2 Å². The highest BCUT2D eigenvalue weighted by Crippen LogP contribution is 2.14. The zero-order valence-corrected chi connectivity index (χ0v) is 8.97. The summed E-state index contributed by atoms with van der Waals surface area (Å²) < 4.78 is 49.8. The van der Waals surface area contributed by atoms with E-state index in [0.717, 1.165) is 0 Å². The quantitative estimate of drug-likeness (QED) is 0.473. The van der Waals surface area contributed by atoms with E-state index in [4.69, 9.17) is 9.47 Å². The van der Waals surface area contributed by atoms with Gasteiger partial charge in [0.1, 0.15) is 6.61 Å². The van der Waals surface area contributed by atoms with Crippen LogP contribution in [0.15, 0.2) is 0 Å². The molecule has 0 amide bonds. The van der Waals surface area contributed by atoms with Crippen molar-refractivity contribution in [1.82, 2.24) is 0 Å². The van der Waals surface area contributed by atoms with Crippen LogP contribution in [0.5, 0.6) is 0 Å². The van der Waals surface area contributed by atoms with Gasteiger partial charge in [0.15, 0.2) is 6.29 Å². The molecule has 0 saturated heterocycles. The molecule has 92 valence electrons. The van der Waals surface area contributed by atoms with Gasteiger partial charge in [0, 0.05) is 19.6 Å². The fourth-order valence-electron chi connectivity index (χ4n) is 0.954. The van der Waals surface area contributed by atoms with Crippen molar-refractivity contribution in [3.8, 4) is 0 Å². The molecule has 0 rings (SSSR count). The SMILES string of the molecule is CCOC(CCOCC(F)(F)F)OCC. The van der Waals surface area contributed by atoms with Gasteiger partial charge in [-0.1, -0.05) is 0 Å². The second-order valence-corrected chi connectivity index (χ2v) is 2.80. The van der Waals surface area contributed by atoms with E-state index < -0.39 is 19.1 Å². The lowest BCUT2D eigenvalue weighted by atomic mass is 10.4. The summed E-state index contributed by atoms with van der Waals surface area (Å²) in [5.41, 5.74) is 0. The van der Waals surface area contributed by atoms with Crippen LogP contribution in [0.2, 0.25) is 0 Å². The lowest BCUT2D eigenvalue weighted by Gasteiger charge is -2.16. The van der Waals surface area contributed by atoms with Gasteiger partial charge >= 0.3 is 6.18 Å². The number of rotatable bonds is 8. The summed E-state index contributed by atoms with van der Waals surface area (Å²) >= 11 is 0. The molecule has 3 nitrogen and oxygen atoms in total. The van der Waals surface area contributed by atoms with Crippen molar-refractivity contribution in [2.75, 3.05) is 26.4 Å². The summed E-state index contributed by atoms with van der Waals surface area (Å²) in [6.07, 6.45) is -4.45. The van der Waals surface area contributed by atoms with Gasteiger partial charge in [-0.15, -0.1) is 0 Å². The third kappa shape index (κ3) is 9.96. The van der Waals surface area contributed by atoms with Gasteiger partial charge in [-0.25, -0.2) is 0 Å². The smallest absolute Gasteiger partial charge is 0.372 e. The van der Waals surface area contributed by atoms with E-state index in [1.54, 1.807) is 13.8 Å². The summed E-state index contributed by atoms with van der Waals surface area (Å²) in [6.45, 7) is 3.27. The molecule has 0 radical (unpaired) electrons. The number of ether oxygens (including phenoxy) is 3. The first kappa shape index (κ1) is 14.7. The largest absolute Gasteiger partial charge is 0.411 e. The van der Waals surface area contributed by atoms with Crippen LogP contribution in [-0.4, -0.2) is 38.9 Å². The minimum Gasteiger partial charge on any atom is -0.372 e. The van der Waals surface area contributed by atoms with Crippen LogP contribution >= 0.6 is 0 Å². The first-order valence-electron chi connectivity index (χ1n) is 4.87. The van der Waals surface area contributed by atoms with Gasteiger partial charge in [-0.2, -0.15) is 13.2 Å². The fraction of sp³-hybridized carbons (Fsp3) is 1.00. The lowest BCUT2D eigenvalue weighted by Crippen LogP contribution is -2.22. The topological polar surface area (TPSA) is 27.7 Å². The molecule has 0 aliphatic heterocycles. The summed E-state index contributed by atoms with van der Waals surface area (Å²) in [6, 6.07) is 0. The maximum atomic E-state index is 11.7. The van der Waals surface area contributed by atoms with Crippen LogP contribution in [-0.2, 0) is 14.2 Å². The first-order valence-corrected chi connectivity index (χ1v) is 4.87. The number of hydrogen-bond acceptors (Lipinski definition) is 3. The molecule has 0 aromatic rings. The van der Waals surface area contributed by atoms with Crippen molar-refractivity contribution in [3.63, 3.8) is 0 Å². The van der Waals surface area contributed by atoms with Gasteiger partial charge in [0.25, 0.3) is 0 Å². The van der Waals surface area contributed by atoms with E-state index >= 15 is 0 Å². The molecule has 0 saturated carbocycles. The molecule has 0 atom stereocenters. The molecular weight excluding hydrogens is 213 g/mol. The first-order chi connectivity index (χ1) is 6.99. The Morgan fingerprint density at radius 2 is 1.60 bits per heavy atom. The number of hydrogen-bond donors (Lipinski definition) is 0. The zero-order valence-electron chi connectivity index (χ0n) is 8.97. The molecule has 0 aromatic carbocycles. The Labute approximate surface area is 87.5 Å². The summed E-state index contributed by atoms with van der Waals surface area (Å²) in [5, 5.41) is 0. The molecule has 6 heteroatoms. The van der Waals surface area contributed by atoms with E-state index in [9.17, 15) is 13.2 Å². The van der Waals surface area contributed by atoms with E-state index in [1.807, 2.05) is 0 Å². The van der Waals surface area contributed by atoms with Crippen molar-refractivity contribution in [2.45, 2.75) is 32.7 Å². The van der Waals surface area contributed by atoms with Gasteiger partial charge in [0.2, 0.25) is 0 Å². The van der Waals surface area contributed by atoms with Crippen LogP contribution < -0.4 is 0 Å². The third-order valence-electron chi connectivity index (χ3n) is 1.47. The summed E-state index contributed by atoms with van der Waals surface area (Å²) in [5.74, 6) is 0. The molecule has 0 N–H and O–H groups in total. The molecule has 0 aliphatic carbocycles. The number of halogens is 3. The van der Waals surface area contributed by atoms with Crippen LogP contribution in [0.1, 0.15) is 20.3 Å². The molecule has 0 spiro atoms. The molecule has 0 unspecified atom stereocenters. The van der Waals surface area contributed by atoms with Gasteiger partial charge in [-0.05, 0) is 13.8 Å². The average molecular weight is 230 g/mol. The highest BCUT2D eigenvalue weighted by Gasteiger charge is 2.27. The molecule has 0 aromatic heterocycles. The number of alkyl halides is 3. The Kier molecular flexibility index (Phi) is 7.72. The third-order valence-corrected chi connectivity index (χ3v) is 1.47. The molecular formula is C9H17F3O3. The Morgan fingerprint density at radius 3 is 2.00 bits per heavy atom. The Bertz CT molecular complexity index is 144. The monoisotopic (exact) mass is 230 g/mol. The van der Waals surface area contributed by atoms with Gasteiger partial charge in [0.05, 0.1) is 6.61 Å². The van der Waals surface area contributed by atoms with E-state index in [0.29, 0.717) is 19.6 Å². The maximum Gasteiger partial charge on any atom is 0.411 e. The van der Waals surface area contributed by atoms with E-state index in [2.05, 4.69) is 4.74 Å². The van der Waals surface area contributed by atoms with Gasteiger partial charge in [-0.3, -0.25) is 0 Å². The predicted octanol–water partition coefficient (Wildman–Crippen LogP) is 2.35. The standard InChI is InChI=1S/C9H17F3O3/c1-3-14-8(15-4-2)5-6-13-7-9(10,11)12/h8H,3-7H2,1-2H3. The Morgan fingerprint density at radius 1 is 1.07 bits per heavy atom. The summed E-state index contributed by atoms with van der Waals surface area (Å²) in [4.78, 5) is 0. The molecule has 0 fully saturated rings. The second-order valence-electron chi connectivity index (χ2n) is 2.80. The molecule has 0 heterocycles. The van der Waals surface area contributed by atoms with E-state index in [-0.39, 0.29) is 6.61 Å². The van der Waals surface area contributed by atoms with Crippen LogP contribution in [0, 0.1) is 0 Å². The van der Waals surface area contributed by atoms with Crippen LogP contribution in [0.4, 0.5) is 13.2 Å². The van der Waals surface area contributed by atoms with Crippen molar-refractivity contribution in [1.29, 1.82) is 0 Å². The Hall–Kier alpha value is -0.330. The van der Waals surface area contributed by atoms with Crippen molar-refractivity contribution in [3.05, 3.63) is 0 Å². The predicted molar refractivity (Wildman–Crippen MR) is 48.5 cm³/mol. The van der Waals surface area contributed by atoms with Crippen LogP contribution in [0.3, 0.4) is 0 Å². The second kappa shape index (κ2) is 7.90. The zero-order chi connectivity index (χ0) is 11.7. The fourth-order valence-corrected chi connectivity index (χ4v) is 0.954. The Balaban J connectivity index is 3.52. The molecule has 0 bridgehead atoms. The van der Waals surface area contributed by atoms with Crippen molar-refractivity contribution >= 4 is 0 Å². The van der Waals surface area contributed by atoms with Crippen molar-refractivity contribution < 1.29 is 27.4 Å². The average Bonchev–Trinajstić information content (AvgIpc) is 2.11. The van der Waals surface area contributed by atoms with E-state index in [1.165, 1.54) is 0 Å².